The predicted octanol–water partition coefficient (Wildman–Crippen LogP) is 9.92. The maximum atomic E-state index is 13.0. The van der Waals surface area contributed by atoms with Gasteiger partial charge in [-0.3, -0.25) is 0 Å². The van der Waals surface area contributed by atoms with Crippen molar-refractivity contribution in [3.8, 4) is 28.3 Å². The Morgan fingerprint density at radius 2 is 0.932 bits per heavy atom. The molecule has 2 aliphatic rings. The third-order valence-corrected chi connectivity index (χ3v) is 17.4. The summed E-state index contributed by atoms with van der Waals surface area (Å²) in [6.07, 6.45) is 0. The first-order valence-electron chi connectivity index (χ1n) is 18.0. The zero-order valence-electron chi connectivity index (χ0n) is 31.1. The van der Waals surface area contributed by atoms with Crippen LogP contribution in [0.15, 0.2) is 105 Å². The topological polar surface area (TPSA) is 116 Å². The smallest absolute Gasteiger partial charge is 0.244 e. The summed E-state index contributed by atoms with van der Waals surface area (Å²) in [5.41, 5.74) is 3.77. The Morgan fingerprint density at radius 1 is 0.542 bits per heavy atom. The van der Waals surface area contributed by atoms with Gasteiger partial charge in [-0.1, -0.05) is 82.3 Å². The average Bonchev–Trinajstić information content (AvgIpc) is 3.95. The Morgan fingerprint density at radius 3 is 1.32 bits per heavy atom. The van der Waals surface area contributed by atoms with Gasteiger partial charge in [0.1, 0.15) is 15.5 Å². The average molecular weight is 973 g/mol. The van der Waals surface area contributed by atoms with Gasteiger partial charge in [-0.25, -0.2) is 26.8 Å². The standard InChI is InChI=1S/C20H19Cl2N3O3S2.C19H16Cl3N3O2S2/c1-28-15-7-5-14(6-8-15)17-13-29-20(23-17)24-9-11-25(12-10-24)30(26,27)18-4-2-3-16(21)19(18)22;20-14-6-4-13(5-7-14)16-12-28-19(23-16)24-8-10-25(11-9-24)29(26,27)17-3-1-2-15(21)18(17)22/h2-8,13H,9-12H2,1H3;1-7,12H,8-11H2. The van der Waals surface area contributed by atoms with Crippen LogP contribution >= 0.6 is 80.7 Å². The van der Waals surface area contributed by atoms with E-state index in [2.05, 4.69) is 9.80 Å². The molecule has 310 valence electrons. The zero-order valence-corrected chi connectivity index (χ0v) is 38.2. The number of rotatable bonds is 9. The van der Waals surface area contributed by atoms with Crippen LogP contribution in [0, 0.1) is 0 Å². The molecule has 59 heavy (non-hydrogen) atoms. The summed E-state index contributed by atoms with van der Waals surface area (Å²) in [5, 5.41) is 7.00. The summed E-state index contributed by atoms with van der Waals surface area (Å²) in [6, 6.07) is 24.6. The second-order valence-corrected chi connectivity index (χ2v) is 20.6. The van der Waals surface area contributed by atoms with E-state index >= 15 is 0 Å². The molecule has 0 amide bonds. The van der Waals surface area contributed by atoms with E-state index in [1.165, 1.54) is 32.1 Å². The maximum Gasteiger partial charge on any atom is 0.244 e. The van der Waals surface area contributed by atoms with E-state index < -0.39 is 20.0 Å². The number of hydrogen-bond donors (Lipinski definition) is 0. The Balaban J connectivity index is 0.000000179. The Bertz CT molecular complexity index is 2630. The molecule has 0 aliphatic carbocycles. The van der Waals surface area contributed by atoms with Crippen molar-refractivity contribution in [2.24, 2.45) is 0 Å². The third-order valence-electron chi connectivity index (χ3n) is 9.60. The highest BCUT2D eigenvalue weighted by atomic mass is 35.5. The summed E-state index contributed by atoms with van der Waals surface area (Å²) in [7, 11) is -5.77. The molecule has 0 atom stereocenters. The summed E-state index contributed by atoms with van der Waals surface area (Å²) in [6.45, 7) is 3.59. The molecule has 8 rings (SSSR count). The number of anilines is 2. The molecule has 11 nitrogen and oxygen atoms in total. The molecule has 2 aliphatic heterocycles. The van der Waals surface area contributed by atoms with Crippen LogP contribution in [0.3, 0.4) is 0 Å². The van der Waals surface area contributed by atoms with Crippen molar-refractivity contribution in [1.82, 2.24) is 18.6 Å². The number of thiazole rings is 2. The van der Waals surface area contributed by atoms with Gasteiger partial charge >= 0.3 is 0 Å². The van der Waals surface area contributed by atoms with Crippen LogP contribution in [-0.2, 0) is 20.0 Å². The number of nitrogens with zero attached hydrogens (tertiary/aromatic N) is 6. The molecule has 0 N–H and O–H groups in total. The highest BCUT2D eigenvalue weighted by molar-refractivity contribution is 7.89. The minimum Gasteiger partial charge on any atom is -0.497 e. The van der Waals surface area contributed by atoms with Crippen LogP contribution in [0.4, 0.5) is 10.3 Å². The molecule has 2 aromatic heterocycles. The minimum atomic E-state index is -3.70. The molecular weight excluding hydrogens is 938 g/mol. The summed E-state index contributed by atoms with van der Waals surface area (Å²) in [4.78, 5) is 13.7. The summed E-state index contributed by atoms with van der Waals surface area (Å²) >= 11 is 33.3. The van der Waals surface area contributed by atoms with Crippen molar-refractivity contribution in [3.05, 3.63) is 121 Å². The molecule has 0 unspecified atom stereocenters. The molecule has 2 fully saturated rings. The first-order chi connectivity index (χ1) is 28.3. The van der Waals surface area contributed by atoms with E-state index in [-0.39, 0.29) is 29.9 Å². The SMILES string of the molecule is COc1ccc(-c2csc(N3CCN(S(=O)(=O)c4cccc(Cl)c4Cl)CC3)n2)cc1.O=S(=O)(c1cccc(Cl)c1Cl)N1CCN(c2nc(-c3ccc(Cl)cc3)cs2)CC1. The number of hydrogen-bond acceptors (Lipinski definition) is 11. The number of piperazine rings is 2. The quantitative estimate of drug-likeness (QED) is 0.140. The van der Waals surface area contributed by atoms with Crippen LogP contribution in [0.1, 0.15) is 0 Å². The van der Waals surface area contributed by atoms with Crippen molar-refractivity contribution < 1.29 is 21.6 Å². The fourth-order valence-electron chi connectivity index (χ4n) is 6.35. The van der Waals surface area contributed by atoms with Gasteiger partial charge in [-0.05, 0) is 60.7 Å². The minimum absolute atomic E-state index is 0.0411. The van der Waals surface area contributed by atoms with Crippen molar-refractivity contribution in [1.29, 1.82) is 0 Å². The Kier molecular flexibility index (Phi) is 14.0. The Hall–Kier alpha value is -3.19. The highest BCUT2D eigenvalue weighted by Gasteiger charge is 2.33. The van der Waals surface area contributed by atoms with Crippen LogP contribution < -0.4 is 14.5 Å². The van der Waals surface area contributed by atoms with Crippen LogP contribution in [0.5, 0.6) is 5.75 Å². The van der Waals surface area contributed by atoms with Gasteiger partial charge in [0.25, 0.3) is 0 Å². The van der Waals surface area contributed by atoms with E-state index in [1.54, 1.807) is 42.7 Å². The largest absolute Gasteiger partial charge is 0.497 e. The van der Waals surface area contributed by atoms with Gasteiger partial charge in [0, 0.05) is 79.3 Å². The molecule has 20 heteroatoms. The van der Waals surface area contributed by atoms with Gasteiger partial charge in [0.2, 0.25) is 20.0 Å². The van der Waals surface area contributed by atoms with E-state index in [0.717, 1.165) is 38.5 Å². The van der Waals surface area contributed by atoms with Gasteiger partial charge in [-0.15, -0.1) is 22.7 Å². The molecule has 6 aromatic rings. The van der Waals surface area contributed by atoms with Crippen molar-refractivity contribution in [2.45, 2.75) is 9.79 Å². The highest BCUT2D eigenvalue weighted by Crippen LogP contribution is 2.35. The van der Waals surface area contributed by atoms with Gasteiger partial charge in [0.15, 0.2) is 10.3 Å². The molecular formula is C39H35Cl5N6O5S4. The van der Waals surface area contributed by atoms with Gasteiger partial charge in [0.05, 0.1) is 38.6 Å². The van der Waals surface area contributed by atoms with E-state index in [9.17, 15) is 16.8 Å². The third kappa shape index (κ3) is 9.81. The lowest BCUT2D eigenvalue weighted by molar-refractivity contribution is 0.384. The first kappa shape index (κ1) is 43.9. The number of benzene rings is 4. The molecule has 0 bridgehead atoms. The van der Waals surface area contributed by atoms with E-state index in [0.29, 0.717) is 57.4 Å². The van der Waals surface area contributed by atoms with Crippen molar-refractivity contribution in [3.63, 3.8) is 0 Å². The van der Waals surface area contributed by atoms with Crippen molar-refractivity contribution >= 4 is 111 Å². The van der Waals surface area contributed by atoms with E-state index in [1.807, 2.05) is 59.3 Å². The maximum absolute atomic E-state index is 13.0. The number of methoxy groups -OCH3 is 1. The lowest BCUT2D eigenvalue weighted by Gasteiger charge is -2.34. The van der Waals surface area contributed by atoms with Gasteiger partial charge in [-0.2, -0.15) is 8.61 Å². The number of sulfonamides is 2. The van der Waals surface area contributed by atoms with Crippen LogP contribution in [0.25, 0.3) is 22.5 Å². The summed E-state index contributed by atoms with van der Waals surface area (Å²) in [5.74, 6) is 0.798. The molecule has 0 radical (unpaired) electrons. The molecule has 0 spiro atoms. The monoisotopic (exact) mass is 970 g/mol. The van der Waals surface area contributed by atoms with Gasteiger partial charge < -0.3 is 14.5 Å². The lowest BCUT2D eigenvalue weighted by atomic mass is 10.2. The molecule has 2 saturated heterocycles. The number of halogens is 5. The zero-order chi connectivity index (χ0) is 41.9. The molecule has 4 aromatic carbocycles. The van der Waals surface area contributed by atoms with Crippen LogP contribution in [-0.4, -0.2) is 94.9 Å². The number of ether oxygens (including phenoxy) is 1. The van der Waals surface area contributed by atoms with Crippen molar-refractivity contribution in [2.75, 3.05) is 69.3 Å². The first-order valence-corrected chi connectivity index (χ1v) is 24.5. The number of aromatic nitrogens is 2. The fourth-order valence-corrected chi connectivity index (χ4v) is 12.6. The second kappa shape index (κ2) is 18.8. The molecule has 4 heterocycles. The van der Waals surface area contributed by atoms with E-state index in [4.69, 9.17) is 72.7 Å². The lowest BCUT2D eigenvalue weighted by Crippen LogP contribution is -2.48. The predicted molar refractivity (Wildman–Crippen MR) is 242 cm³/mol. The molecule has 0 saturated carbocycles. The normalized spacial score (nSPS) is 15.5. The Labute approximate surface area is 376 Å². The summed E-state index contributed by atoms with van der Waals surface area (Å²) < 4.78 is 60.0. The second-order valence-electron chi connectivity index (χ2n) is 13.2. The fraction of sp³-hybridized carbons (Fsp3) is 0.231. The van der Waals surface area contributed by atoms with Crippen LogP contribution in [0.2, 0.25) is 25.1 Å².